The number of nitrogen functional groups attached to an aromatic ring is 2. The van der Waals surface area contributed by atoms with Crippen LogP contribution in [0.15, 0.2) is 35.5 Å². The van der Waals surface area contributed by atoms with Crippen LogP contribution in [0.5, 0.6) is 0 Å². The van der Waals surface area contributed by atoms with Crippen molar-refractivity contribution in [1.82, 2.24) is 9.97 Å². The van der Waals surface area contributed by atoms with Gasteiger partial charge in [-0.2, -0.15) is 0 Å². The van der Waals surface area contributed by atoms with E-state index in [4.69, 9.17) is 17.2 Å². The lowest BCUT2D eigenvalue weighted by molar-refractivity contribution is 0.100. The summed E-state index contributed by atoms with van der Waals surface area (Å²) in [7, 11) is -3.96. The Balaban J connectivity index is 2.38. The summed E-state index contributed by atoms with van der Waals surface area (Å²) in [4.78, 5) is 18.1. The normalized spacial score (nSPS) is 11.0. The van der Waals surface area contributed by atoms with Crippen LogP contribution in [-0.4, -0.2) is 24.3 Å². The van der Waals surface area contributed by atoms with Crippen molar-refractivity contribution >= 4 is 33.3 Å². The van der Waals surface area contributed by atoms with Crippen LogP contribution in [0, 0.1) is 0 Å². The highest BCUT2D eigenvalue weighted by Gasteiger charge is 2.17. The van der Waals surface area contributed by atoms with Gasteiger partial charge in [0.15, 0.2) is 0 Å². The molecule has 0 aliphatic rings. The molecule has 7 N–H and O–H groups in total. The van der Waals surface area contributed by atoms with E-state index in [2.05, 4.69) is 14.7 Å². The minimum absolute atomic E-state index is 0.0307. The second-order valence-electron chi connectivity index (χ2n) is 4.05. The van der Waals surface area contributed by atoms with Gasteiger partial charge in [-0.15, -0.1) is 0 Å². The number of hydrogen-bond acceptors (Lipinski definition) is 7. The number of amides is 1. The van der Waals surface area contributed by atoms with Gasteiger partial charge in [0.05, 0.1) is 23.8 Å². The smallest absolute Gasteiger partial charge is 0.265 e. The fourth-order valence-electron chi connectivity index (χ4n) is 1.47. The van der Waals surface area contributed by atoms with Gasteiger partial charge in [-0.3, -0.25) is 9.52 Å². The first-order valence-electron chi connectivity index (χ1n) is 5.59. The molecule has 0 bridgehead atoms. The SMILES string of the molecule is NC(=O)c1ccc(N)c(NS(=O)(=O)c2cnc(N)nc2)c1. The van der Waals surface area contributed by atoms with Crippen molar-refractivity contribution in [2.75, 3.05) is 16.2 Å². The number of aromatic nitrogens is 2. The summed E-state index contributed by atoms with van der Waals surface area (Å²) in [5.41, 5.74) is 16.4. The third-order valence-electron chi connectivity index (χ3n) is 2.54. The van der Waals surface area contributed by atoms with Gasteiger partial charge in [-0.25, -0.2) is 18.4 Å². The molecule has 0 atom stereocenters. The molecule has 1 aromatic heterocycles. The monoisotopic (exact) mass is 308 g/mol. The third-order valence-corrected chi connectivity index (χ3v) is 3.86. The van der Waals surface area contributed by atoms with Crippen molar-refractivity contribution in [2.24, 2.45) is 5.73 Å². The van der Waals surface area contributed by atoms with E-state index in [-0.39, 0.29) is 27.8 Å². The summed E-state index contributed by atoms with van der Waals surface area (Å²) in [6, 6.07) is 4.01. The van der Waals surface area contributed by atoms with Gasteiger partial charge < -0.3 is 17.2 Å². The molecule has 10 heteroatoms. The predicted octanol–water partition coefficient (Wildman–Crippen LogP) is -0.459. The Hall–Kier alpha value is -2.88. The number of hydrogen-bond donors (Lipinski definition) is 4. The number of benzene rings is 1. The average Bonchev–Trinajstić information content (AvgIpc) is 2.41. The van der Waals surface area contributed by atoms with Crippen molar-refractivity contribution < 1.29 is 13.2 Å². The van der Waals surface area contributed by atoms with Crippen LogP contribution in [-0.2, 0) is 10.0 Å². The molecule has 0 radical (unpaired) electrons. The van der Waals surface area contributed by atoms with E-state index in [1.54, 1.807) is 0 Å². The Kier molecular flexibility index (Phi) is 3.63. The molecule has 1 heterocycles. The largest absolute Gasteiger partial charge is 0.397 e. The molecule has 0 saturated heterocycles. The molecule has 1 amide bonds. The number of primary amides is 1. The predicted molar refractivity (Wildman–Crippen MR) is 76.6 cm³/mol. The van der Waals surface area contributed by atoms with Crippen molar-refractivity contribution in [2.45, 2.75) is 4.90 Å². The van der Waals surface area contributed by atoms with Crippen LogP contribution in [0.2, 0.25) is 0 Å². The first-order chi connectivity index (χ1) is 9.79. The zero-order valence-corrected chi connectivity index (χ0v) is 11.5. The van der Waals surface area contributed by atoms with E-state index in [1.165, 1.54) is 18.2 Å². The van der Waals surface area contributed by atoms with Crippen LogP contribution < -0.4 is 21.9 Å². The van der Waals surface area contributed by atoms with E-state index in [0.29, 0.717) is 0 Å². The quantitative estimate of drug-likeness (QED) is 0.554. The molecule has 2 rings (SSSR count). The van der Waals surface area contributed by atoms with Crippen LogP contribution >= 0.6 is 0 Å². The number of sulfonamides is 1. The van der Waals surface area contributed by atoms with Crippen molar-refractivity contribution in [1.29, 1.82) is 0 Å². The van der Waals surface area contributed by atoms with Gasteiger partial charge in [0, 0.05) is 5.56 Å². The number of carbonyl (C=O) groups excluding carboxylic acids is 1. The number of nitrogens with two attached hydrogens (primary N) is 3. The van der Waals surface area contributed by atoms with Gasteiger partial charge >= 0.3 is 0 Å². The minimum Gasteiger partial charge on any atom is -0.397 e. The zero-order chi connectivity index (χ0) is 15.6. The lowest BCUT2D eigenvalue weighted by Gasteiger charge is -2.11. The molecular formula is C11H12N6O3S. The molecule has 1 aromatic carbocycles. The molecule has 0 saturated carbocycles. The minimum atomic E-state index is -3.96. The summed E-state index contributed by atoms with van der Waals surface area (Å²) in [5.74, 6) is -0.754. The summed E-state index contributed by atoms with van der Waals surface area (Å²) >= 11 is 0. The van der Waals surface area contributed by atoms with Crippen molar-refractivity contribution in [3.8, 4) is 0 Å². The van der Waals surface area contributed by atoms with Gasteiger partial charge in [0.1, 0.15) is 4.90 Å². The Morgan fingerprint density at radius 3 is 2.33 bits per heavy atom. The first kappa shape index (κ1) is 14.5. The Morgan fingerprint density at radius 2 is 1.76 bits per heavy atom. The van der Waals surface area contributed by atoms with Crippen LogP contribution in [0.25, 0.3) is 0 Å². The molecular weight excluding hydrogens is 296 g/mol. The Labute approximate surface area is 120 Å². The fourth-order valence-corrected chi connectivity index (χ4v) is 2.43. The molecule has 9 nitrogen and oxygen atoms in total. The Bertz CT molecular complexity index is 788. The number of nitrogens with zero attached hydrogens (tertiary/aromatic N) is 2. The molecule has 110 valence electrons. The fraction of sp³-hybridized carbons (Fsp3) is 0. The van der Waals surface area contributed by atoms with E-state index in [1.807, 2.05) is 0 Å². The maximum atomic E-state index is 12.1. The molecule has 0 aliphatic heterocycles. The van der Waals surface area contributed by atoms with Crippen LogP contribution in [0.3, 0.4) is 0 Å². The summed E-state index contributed by atoms with van der Waals surface area (Å²) in [6.07, 6.45) is 2.11. The van der Waals surface area contributed by atoms with Gasteiger partial charge in [0.2, 0.25) is 11.9 Å². The lowest BCUT2D eigenvalue weighted by atomic mass is 10.2. The summed E-state index contributed by atoms with van der Waals surface area (Å²) < 4.78 is 26.5. The second kappa shape index (κ2) is 5.25. The van der Waals surface area contributed by atoms with E-state index in [0.717, 1.165) is 12.4 Å². The highest BCUT2D eigenvalue weighted by Crippen LogP contribution is 2.23. The summed E-state index contributed by atoms with van der Waals surface area (Å²) in [5, 5.41) is 0. The van der Waals surface area contributed by atoms with Crippen LogP contribution in [0.1, 0.15) is 10.4 Å². The highest BCUT2D eigenvalue weighted by atomic mass is 32.2. The third kappa shape index (κ3) is 3.17. The van der Waals surface area contributed by atoms with Gasteiger partial charge in [-0.05, 0) is 18.2 Å². The van der Waals surface area contributed by atoms with E-state index in [9.17, 15) is 13.2 Å². The zero-order valence-electron chi connectivity index (χ0n) is 10.6. The topological polar surface area (TPSA) is 167 Å². The van der Waals surface area contributed by atoms with E-state index < -0.39 is 15.9 Å². The first-order valence-corrected chi connectivity index (χ1v) is 7.07. The number of anilines is 3. The van der Waals surface area contributed by atoms with Gasteiger partial charge in [-0.1, -0.05) is 0 Å². The van der Waals surface area contributed by atoms with E-state index >= 15 is 0 Å². The number of rotatable bonds is 4. The summed E-state index contributed by atoms with van der Waals surface area (Å²) in [6.45, 7) is 0. The Morgan fingerprint density at radius 1 is 1.14 bits per heavy atom. The standard InChI is InChI=1S/C11H12N6O3S/c12-8-2-1-6(10(13)18)3-9(8)17-21(19,20)7-4-15-11(14)16-5-7/h1-5,17H,12H2,(H2,13,18)(H2,14,15,16). The van der Waals surface area contributed by atoms with Crippen molar-refractivity contribution in [3.05, 3.63) is 36.2 Å². The second-order valence-corrected chi connectivity index (χ2v) is 5.73. The molecule has 2 aromatic rings. The molecule has 0 fully saturated rings. The van der Waals surface area contributed by atoms with Gasteiger partial charge in [0.25, 0.3) is 10.0 Å². The van der Waals surface area contributed by atoms with Crippen LogP contribution in [0.4, 0.5) is 17.3 Å². The highest BCUT2D eigenvalue weighted by molar-refractivity contribution is 7.92. The average molecular weight is 308 g/mol. The number of nitrogens with one attached hydrogen (secondary N) is 1. The maximum Gasteiger partial charge on any atom is 0.265 e. The molecule has 0 spiro atoms. The molecule has 0 unspecified atom stereocenters. The molecule has 21 heavy (non-hydrogen) atoms. The molecule has 0 aliphatic carbocycles. The number of carbonyl (C=O) groups is 1. The maximum absolute atomic E-state index is 12.1. The van der Waals surface area contributed by atoms with Crippen molar-refractivity contribution in [3.63, 3.8) is 0 Å². The lowest BCUT2D eigenvalue weighted by Crippen LogP contribution is -2.17.